The predicted molar refractivity (Wildman–Crippen MR) is 51.5 cm³/mol. The van der Waals surface area contributed by atoms with Crippen LogP contribution in [-0.2, 0) is 10.3 Å². The van der Waals surface area contributed by atoms with Gasteiger partial charge < -0.3 is 9.84 Å². The maximum atomic E-state index is 10.6. The Hall–Kier alpha value is -1.49. The number of hydrogen-bond donors (Lipinski definition) is 1. The van der Waals surface area contributed by atoms with Crippen molar-refractivity contribution in [2.75, 3.05) is 6.61 Å². The number of nitrogens with zero attached hydrogens (tertiary/aromatic N) is 2. The van der Waals surface area contributed by atoms with Gasteiger partial charge in [-0.05, 0) is 19.8 Å². The molecule has 15 heavy (non-hydrogen) atoms. The average Bonchev–Trinajstić information content (AvgIpc) is 2.67. The Balaban J connectivity index is 2.26. The smallest absolute Gasteiger partial charge is 0.338 e. The summed E-state index contributed by atoms with van der Waals surface area (Å²) in [6, 6.07) is 0. The Labute approximate surface area is 87.1 Å². The summed E-state index contributed by atoms with van der Waals surface area (Å²) in [6.45, 7) is 2.64. The molecule has 0 aromatic carbocycles. The Morgan fingerprint density at radius 3 is 2.67 bits per heavy atom. The van der Waals surface area contributed by atoms with Crippen LogP contribution in [0.2, 0.25) is 0 Å². The summed E-state index contributed by atoms with van der Waals surface area (Å²) < 4.78 is 5.55. The molecule has 1 N–H and O–H groups in total. The van der Waals surface area contributed by atoms with Crippen LogP contribution >= 0.6 is 0 Å². The van der Waals surface area contributed by atoms with Crippen LogP contribution in [0, 0.1) is 0 Å². The monoisotopic (exact) mass is 208 g/mol. The lowest BCUT2D eigenvalue weighted by Gasteiger charge is -2.20. The summed E-state index contributed by atoms with van der Waals surface area (Å²) in [6.07, 6.45) is 4.50. The fraction of sp³-hybridized carbons (Fsp3) is 0.500. The van der Waals surface area contributed by atoms with E-state index < -0.39 is 11.6 Å². The van der Waals surface area contributed by atoms with Crippen molar-refractivity contribution in [1.29, 1.82) is 0 Å². The molecule has 1 aromatic rings. The van der Waals surface area contributed by atoms with Crippen LogP contribution in [0.4, 0.5) is 0 Å². The number of carbonyl (C=O) groups is 1. The maximum Gasteiger partial charge on any atom is 0.338 e. The van der Waals surface area contributed by atoms with E-state index in [1.54, 1.807) is 0 Å². The van der Waals surface area contributed by atoms with Crippen LogP contribution < -0.4 is 0 Å². The molecule has 2 heterocycles. The highest BCUT2D eigenvalue weighted by atomic mass is 16.5. The Morgan fingerprint density at radius 1 is 1.53 bits per heavy atom. The first-order chi connectivity index (χ1) is 7.12. The maximum absolute atomic E-state index is 10.6. The van der Waals surface area contributed by atoms with E-state index in [1.165, 1.54) is 12.4 Å². The second-order valence-electron chi connectivity index (χ2n) is 3.78. The van der Waals surface area contributed by atoms with Crippen LogP contribution in [-0.4, -0.2) is 27.7 Å². The van der Waals surface area contributed by atoms with Crippen molar-refractivity contribution in [1.82, 2.24) is 9.97 Å². The summed E-state index contributed by atoms with van der Waals surface area (Å²) in [4.78, 5) is 18.7. The normalized spacial score (nSPS) is 25.4. The molecule has 80 valence electrons. The molecule has 1 aliphatic rings. The van der Waals surface area contributed by atoms with Gasteiger partial charge in [-0.1, -0.05) is 0 Å². The number of rotatable bonds is 2. The Bertz CT molecular complexity index is 369. The third kappa shape index (κ3) is 1.83. The van der Waals surface area contributed by atoms with Gasteiger partial charge in [-0.3, -0.25) is 0 Å². The minimum atomic E-state index is -1.01. The Kier molecular flexibility index (Phi) is 2.40. The van der Waals surface area contributed by atoms with Crippen molar-refractivity contribution in [3.63, 3.8) is 0 Å². The van der Waals surface area contributed by atoms with Crippen LogP contribution in [0.25, 0.3) is 0 Å². The van der Waals surface area contributed by atoms with E-state index in [4.69, 9.17) is 9.84 Å². The summed E-state index contributed by atoms with van der Waals surface area (Å²) >= 11 is 0. The molecule has 1 fully saturated rings. The lowest BCUT2D eigenvalue weighted by molar-refractivity contribution is 0.00921. The highest BCUT2D eigenvalue weighted by Gasteiger charge is 2.34. The molecule has 0 amide bonds. The second kappa shape index (κ2) is 3.58. The number of carboxylic acids is 1. The van der Waals surface area contributed by atoms with E-state index in [0.717, 1.165) is 12.8 Å². The van der Waals surface area contributed by atoms with Gasteiger partial charge in [-0.15, -0.1) is 0 Å². The molecule has 5 heteroatoms. The van der Waals surface area contributed by atoms with Gasteiger partial charge in [0, 0.05) is 19.0 Å². The summed E-state index contributed by atoms with van der Waals surface area (Å²) in [5.41, 5.74) is -0.350. The number of aromatic nitrogens is 2. The van der Waals surface area contributed by atoms with Crippen LogP contribution in [0.15, 0.2) is 12.4 Å². The molecule has 0 saturated carbocycles. The molecule has 1 aromatic heterocycles. The van der Waals surface area contributed by atoms with Crippen molar-refractivity contribution in [2.45, 2.75) is 25.4 Å². The quantitative estimate of drug-likeness (QED) is 0.790. The highest BCUT2D eigenvalue weighted by molar-refractivity contribution is 5.86. The van der Waals surface area contributed by atoms with Gasteiger partial charge in [-0.2, -0.15) is 0 Å². The first kappa shape index (κ1) is 10.0. The average molecular weight is 208 g/mol. The first-order valence-corrected chi connectivity index (χ1v) is 4.82. The zero-order valence-electron chi connectivity index (χ0n) is 8.43. The lowest BCUT2D eigenvalue weighted by atomic mass is 10.0. The topological polar surface area (TPSA) is 72.3 Å². The largest absolute Gasteiger partial charge is 0.478 e. The minimum absolute atomic E-state index is 0.0975. The third-order valence-electron chi connectivity index (χ3n) is 2.59. The fourth-order valence-corrected chi connectivity index (χ4v) is 1.67. The molecule has 0 spiro atoms. The third-order valence-corrected chi connectivity index (χ3v) is 2.59. The molecule has 5 nitrogen and oxygen atoms in total. The molecule has 0 bridgehead atoms. The first-order valence-electron chi connectivity index (χ1n) is 4.82. The van der Waals surface area contributed by atoms with E-state index in [0.29, 0.717) is 12.4 Å². The highest BCUT2D eigenvalue weighted by Crippen LogP contribution is 2.32. The number of carboxylic acid groups (broad SMARTS) is 1. The zero-order valence-corrected chi connectivity index (χ0v) is 8.43. The molecule has 2 rings (SSSR count). The molecule has 1 saturated heterocycles. The van der Waals surface area contributed by atoms with Crippen LogP contribution in [0.1, 0.15) is 35.9 Å². The van der Waals surface area contributed by atoms with E-state index in [9.17, 15) is 4.79 Å². The van der Waals surface area contributed by atoms with Crippen LogP contribution in [0.5, 0.6) is 0 Å². The molecule has 1 atom stereocenters. The molecule has 1 aliphatic heterocycles. The van der Waals surface area contributed by atoms with Crippen molar-refractivity contribution in [3.05, 3.63) is 23.8 Å². The van der Waals surface area contributed by atoms with Gasteiger partial charge in [0.25, 0.3) is 0 Å². The van der Waals surface area contributed by atoms with E-state index in [1.807, 2.05) is 6.92 Å². The molecular weight excluding hydrogens is 196 g/mol. The fourth-order valence-electron chi connectivity index (χ4n) is 1.67. The van der Waals surface area contributed by atoms with Crippen molar-refractivity contribution >= 4 is 5.97 Å². The van der Waals surface area contributed by atoms with Gasteiger partial charge in [0.1, 0.15) is 5.60 Å². The van der Waals surface area contributed by atoms with Crippen molar-refractivity contribution in [2.24, 2.45) is 0 Å². The molecule has 0 radical (unpaired) electrons. The van der Waals surface area contributed by atoms with E-state index in [2.05, 4.69) is 9.97 Å². The number of ether oxygens (including phenoxy) is 1. The van der Waals surface area contributed by atoms with Gasteiger partial charge in [-0.25, -0.2) is 14.8 Å². The minimum Gasteiger partial charge on any atom is -0.478 e. The molecule has 0 aliphatic carbocycles. The molecular formula is C10H12N2O3. The Morgan fingerprint density at radius 2 is 2.20 bits per heavy atom. The van der Waals surface area contributed by atoms with Crippen molar-refractivity contribution in [3.8, 4) is 0 Å². The molecule has 1 unspecified atom stereocenters. The number of aromatic carboxylic acids is 1. The lowest BCUT2D eigenvalue weighted by Crippen LogP contribution is -2.23. The van der Waals surface area contributed by atoms with Gasteiger partial charge >= 0.3 is 5.97 Å². The van der Waals surface area contributed by atoms with Crippen LogP contribution in [0.3, 0.4) is 0 Å². The van der Waals surface area contributed by atoms with E-state index in [-0.39, 0.29) is 5.56 Å². The summed E-state index contributed by atoms with van der Waals surface area (Å²) in [7, 11) is 0. The SMILES string of the molecule is CC1(c2ncc(C(=O)O)cn2)CCCO1. The van der Waals surface area contributed by atoms with Gasteiger partial charge in [0.15, 0.2) is 5.82 Å². The second-order valence-corrected chi connectivity index (χ2v) is 3.78. The number of hydrogen-bond acceptors (Lipinski definition) is 4. The van der Waals surface area contributed by atoms with Crippen molar-refractivity contribution < 1.29 is 14.6 Å². The van der Waals surface area contributed by atoms with E-state index >= 15 is 0 Å². The standard InChI is InChI=1S/C10H12N2O3/c1-10(3-2-4-15-10)9-11-5-7(6-12-9)8(13)14/h5-6H,2-4H2,1H3,(H,13,14). The predicted octanol–water partition coefficient (Wildman–Crippen LogP) is 1.20. The summed E-state index contributed by atoms with van der Waals surface area (Å²) in [5.74, 6) is -0.455. The summed E-state index contributed by atoms with van der Waals surface area (Å²) in [5, 5.41) is 8.69. The zero-order chi connectivity index (χ0) is 10.9. The van der Waals surface area contributed by atoms with Gasteiger partial charge in [0.2, 0.25) is 0 Å². The van der Waals surface area contributed by atoms with Gasteiger partial charge in [0.05, 0.1) is 5.56 Å².